The predicted molar refractivity (Wildman–Crippen MR) is 82.6 cm³/mol. The van der Waals surface area contributed by atoms with Crippen LogP contribution in [0.3, 0.4) is 0 Å². The van der Waals surface area contributed by atoms with Crippen molar-refractivity contribution >= 4 is 28.7 Å². The number of nitro groups is 1. The third kappa shape index (κ3) is 4.20. The van der Waals surface area contributed by atoms with Crippen LogP contribution >= 0.6 is 0 Å². The first-order chi connectivity index (χ1) is 10.6. The number of amides is 1. The molecule has 0 aliphatic carbocycles. The summed E-state index contributed by atoms with van der Waals surface area (Å²) in [4.78, 5) is 21.3. The third-order valence-electron chi connectivity index (χ3n) is 2.81. The summed E-state index contributed by atoms with van der Waals surface area (Å²) >= 11 is 0. The first-order valence-electron chi connectivity index (χ1n) is 6.64. The van der Waals surface area contributed by atoms with Gasteiger partial charge < -0.3 is 5.32 Å². The molecule has 2 rings (SSSR count). The molecule has 7 nitrogen and oxygen atoms in total. The lowest BCUT2D eigenvalue weighted by molar-refractivity contribution is -0.384. The van der Waals surface area contributed by atoms with Crippen molar-refractivity contribution in [2.75, 3.05) is 5.32 Å². The quantitative estimate of drug-likeness (QED) is 0.504. The zero-order valence-electron chi connectivity index (χ0n) is 11.9. The molecule has 0 spiro atoms. The standard InChI is InChI=1S/C15H14N4O3/c1-2-15(20)16-11-3-5-12(6-4-11)17-18-13-7-9-14(10-8-13)19(21)22/h3-10H,2H2,1H3,(H,16,20). The normalized spacial score (nSPS) is 10.6. The van der Waals surface area contributed by atoms with Crippen LogP contribution in [0.25, 0.3) is 0 Å². The van der Waals surface area contributed by atoms with E-state index in [-0.39, 0.29) is 11.6 Å². The number of anilines is 1. The summed E-state index contributed by atoms with van der Waals surface area (Å²) in [6.07, 6.45) is 0.418. The second kappa shape index (κ2) is 7.07. The van der Waals surface area contributed by atoms with Crippen molar-refractivity contribution in [1.82, 2.24) is 0 Å². The lowest BCUT2D eigenvalue weighted by Crippen LogP contribution is -2.08. The van der Waals surface area contributed by atoms with Crippen LogP contribution in [0.1, 0.15) is 13.3 Å². The predicted octanol–water partition coefficient (Wildman–Crippen LogP) is 4.36. The summed E-state index contributed by atoms with van der Waals surface area (Å²) in [5.41, 5.74) is 1.85. The topological polar surface area (TPSA) is 97.0 Å². The molecule has 0 fully saturated rings. The van der Waals surface area contributed by atoms with Gasteiger partial charge in [0.15, 0.2) is 0 Å². The van der Waals surface area contributed by atoms with Gasteiger partial charge in [0.05, 0.1) is 16.3 Å². The van der Waals surface area contributed by atoms with Crippen LogP contribution in [0.5, 0.6) is 0 Å². The van der Waals surface area contributed by atoms with Gasteiger partial charge in [0, 0.05) is 24.2 Å². The van der Waals surface area contributed by atoms with Gasteiger partial charge in [0.25, 0.3) is 5.69 Å². The number of nitrogens with zero attached hydrogens (tertiary/aromatic N) is 3. The van der Waals surface area contributed by atoms with Gasteiger partial charge in [-0.05, 0) is 36.4 Å². The Labute approximate surface area is 126 Å². The summed E-state index contributed by atoms with van der Waals surface area (Å²) in [7, 11) is 0. The molecule has 22 heavy (non-hydrogen) atoms. The maximum Gasteiger partial charge on any atom is 0.269 e. The monoisotopic (exact) mass is 298 g/mol. The fourth-order valence-corrected chi connectivity index (χ4v) is 1.62. The molecule has 1 N–H and O–H groups in total. The Morgan fingerprint density at radius 2 is 1.55 bits per heavy atom. The number of hydrogen-bond donors (Lipinski definition) is 1. The van der Waals surface area contributed by atoms with Gasteiger partial charge in [-0.15, -0.1) is 0 Å². The van der Waals surface area contributed by atoms with Gasteiger partial charge >= 0.3 is 0 Å². The van der Waals surface area contributed by atoms with E-state index in [0.717, 1.165) is 0 Å². The Hall–Kier alpha value is -3.09. The average Bonchev–Trinajstić information content (AvgIpc) is 2.54. The molecule has 0 unspecified atom stereocenters. The summed E-state index contributed by atoms with van der Waals surface area (Å²) in [6.45, 7) is 1.78. The van der Waals surface area contributed by atoms with Crippen molar-refractivity contribution < 1.29 is 9.72 Å². The van der Waals surface area contributed by atoms with Gasteiger partial charge in [-0.1, -0.05) is 6.92 Å². The molecular formula is C15H14N4O3. The lowest BCUT2D eigenvalue weighted by Gasteiger charge is -2.02. The van der Waals surface area contributed by atoms with Crippen LogP contribution < -0.4 is 5.32 Å². The number of carbonyl (C=O) groups excluding carboxylic acids is 1. The van der Waals surface area contributed by atoms with Gasteiger partial charge in [-0.3, -0.25) is 14.9 Å². The minimum absolute atomic E-state index is 0.00923. The maximum atomic E-state index is 11.3. The summed E-state index contributed by atoms with van der Waals surface area (Å²) < 4.78 is 0. The summed E-state index contributed by atoms with van der Waals surface area (Å²) in [5, 5.41) is 21.3. The van der Waals surface area contributed by atoms with Gasteiger partial charge in [0.2, 0.25) is 5.91 Å². The molecule has 0 atom stereocenters. The number of nitrogens with one attached hydrogen (secondary N) is 1. The van der Waals surface area contributed by atoms with Crippen molar-refractivity contribution in [3.8, 4) is 0 Å². The van der Waals surface area contributed by atoms with Crippen molar-refractivity contribution in [3.63, 3.8) is 0 Å². The number of azo groups is 1. The third-order valence-corrected chi connectivity index (χ3v) is 2.81. The van der Waals surface area contributed by atoms with E-state index in [0.29, 0.717) is 23.5 Å². The fourth-order valence-electron chi connectivity index (χ4n) is 1.62. The molecule has 7 heteroatoms. The number of non-ortho nitro benzene ring substituents is 1. The van der Waals surface area contributed by atoms with Crippen LogP contribution in [0.15, 0.2) is 58.8 Å². The van der Waals surface area contributed by atoms with E-state index in [1.165, 1.54) is 24.3 Å². The van der Waals surface area contributed by atoms with Crippen LogP contribution in [0.4, 0.5) is 22.7 Å². The molecule has 0 aromatic heterocycles. The average molecular weight is 298 g/mol. The van der Waals surface area contributed by atoms with E-state index in [1.807, 2.05) is 0 Å². The second-order valence-corrected chi connectivity index (χ2v) is 4.42. The highest BCUT2D eigenvalue weighted by atomic mass is 16.6. The van der Waals surface area contributed by atoms with Crippen molar-refractivity contribution in [2.45, 2.75) is 13.3 Å². The number of carbonyl (C=O) groups is 1. The van der Waals surface area contributed by atoms with E-state index < -0.39 is 4.92 Å². The van der Waals surface area contributed by atoms with E-state index in [2.05, 4.69) is 15.5 Å². The van der Waals surface area contributed by atoms with Crippen LogP contribution in [-0.4, -0.2) is 10.8 Å². The van der Waals surface area contributed by atoms with E-state index in [9.17, 15) is 14.9 Å². The van der Waals surface area contributed by atoms with E-state index in [1.54, 1.807) is 31.2 Å². The zero-order chi connectivity index (χ0) is 15.9. The van der Waals surface area contributed by atoms with Gasteiger partial charge in [-0.25, -0.2) is 0 Å². The SMILES string of the molecule is CCC(=O)Nc1ccc(N=Nc2ccc([N+](=O)[O-])cc2)cc1. The Balaban J connectivity index is 2.03. The minimum atomic E-state index is -0.468. The first-order valence-corrected chi connectivity index (χ1v) is 6.64. The van der Waals surface area contributed by atoms with Crippen molar-refractivity contribution in [3.05, 3.63) is 58.6 Å². The van der Waals surface area contributed by atoms with Crippen molar-refractivity contribution in [2.24, 2.45) is 10.2 Å². The smallest absolute Gasteiger partial charge is 0.269 e. The van der Waals surface area contributed by atoms with Gasteiger partial charge in [-0.2, -0.15) is 10.2 Å². The highest BCUT2D eigenvalue weighted by molar-refractivity contribution is 5.90. The number of rotatable bonds is 5. The Morgan fingerprint density at radius 1 is 1.05 bits per heavy atom. The first kappa shape index (κ1) is 15.3. The molecule has 2 aromatic rings. The summed E-state index contributed by atoms with van der Waals surface area (Å²) in [5.74, 6) is -0.0553. The van der Waals surface area contributed by atoms with E-state index >= 15 is 0 Å². The molecule has 2 aromatic carbocycles. The zero-order valence-corrected chi connectivity index (χ0v) is 11.9. The minimum Gasteiger partial charge on any atom is -0.326 e. The highest BCUT2D eigenvalue weighted by Gasteiger charge is 2.03. The largest absolute Gasteiger partial charge is 0.326 e. The molecule has 112 valence electrons. The Morgan fingerprint density at radius 3 is 2.00 bits per heavy atom. The van der Waals surface area contributed by atoms with Gasteiger partial charge in [0.1, 0.15) is 0 Å². The molecule has 0 aliphatic rings. The van der Waals surface area contributed by atoms with E-state index in [4.69, 9.17) is 0 Å². The van der Waals surface area contributed by atoms with Crippen LogP contribution in [-0.2, 0) is 4.79 Å². The molecule has 0 aliphatic heterocycles. The molecule has 0 bridgehead atoms. The molecular weight excluding hydrogens is 284 g/mol. The van der Waals surface area contributed by atoms with Crippen LogP contribution in [0.2, 0.25) is 0 Å². The Kier molecular flexibility index (Phi) is 4.92. The number of hydrogen-bond acceptors (Lipinski definition) is 5. The number of benzene rings is 2. The molecule has 0 saturated carbocycles. The second-order valence-electron chi connectivity index (χ2n) is 4.42. The molecule has 1 amide bonds. The fraction of sp³-hybridized carbons (Fsp3) is 0.133. The Bertz CT molecular complexity index is 694. The van der Waals surface area contributed by atoms with Crippen LogP contribution in [0, 0.1) is 10.1 Å². The maximum absolute atomic E-state index is 11.3. The lowest BCUT2D eigenvalue weighted by atomic mass is 10.3. The number of nitro benzene ring substituents is 1. The molecule has 0 saturated heterocycles. The highest BCUT2D eigenvalue weighted by Crippen LogP contribution is 2.22. The van der Waals surface area contributed by atoms with Crippen molar-refractivity contribution in [1.29, 1.82) is 0 Å². The molecule has 0 radical (unpaired) electrons. The summed E-state index contributed by atoms with van der Waals surface area (Å²) in [6, 6.07) is 12.7. The molecule has 0 heterocycles.